The van der Waals surface area contributed by atoms with Crippen LogP contribution in [0.4, 0.5) is 0 Å². The van der Waals surface area contributed by atoms with Crippen LogP contribution in [0.3, 0.4) is 0 Å². The van der Waals surface area contributed by atoms with Crippen LogP contribution in [-0.4, -0.2) is 16.7 Å². The van der Waals surface area contributed by atoms with Crippen molar-refractivity contribution in [3.05, 3.63) is 90.5 Å². The summed E-state index contributed by atoms with van der Waals surface area (Å²) in [6.07, 6.45) is 12.0. The van der Waals surface area contributed by atoms with Gasteiger partial charge in [-0.3, -0.25) is 0 Å². The van der Waals surface area contributed by atoms with E-state index in [0.29, 0.717) is 41.4 Å². The normalized spacial score (nSPS) is 34.1. The summed E-state index contributed by atoms with van der Waals surface area (Å²) >= 11 is 0. The molecule has 3 nitrogen and oxygen atoms in total. The summed E-state index contributed by atoms with van der Waals surface area (Å²) < 4.78 is 5.79. The van der Waals surface area contributed by atoms with Crippen LogP contribution < -0.4 is 4.74 Å². The van der Waals surface area contributed by atoms with Crippen LogP contribution >= 0.6 is 0 Å². The average molecular weight is 499 g/mol. The van der Waals surface area contributed by atoms with E-state index < -0.39 is 5.60 Å². The molecule has 0 bridgehead atoms. The molecule has 0 heterocycles. The molecule has 0 spiro atoms. The minimum atomic E-state index is -0.717. The van der Waals surface area contributed by atoms with Crippen LogP contribution in [0.1, 0.15) is 86.2 Å². The zero-order valence-corrected chi connectivity index (χ0v) is 22.5. The highest BCUT2D eigenvalue weighted by atomic mass is 16.5. The molecule has 0 radical (unpaired) electrons. The molecule has 2 aromatic rings. The first-order chi connectivity index (χ1) is 17.9. The Morgan fingerprint density at radius 2 is 1.95 bits per heavy atom. The number of carbonyl (C=O) groups excluding carboxylic acids is 1. The lowest BCUT2D eigenvalue weighted by Crippen LogP contribution is -2.53. The highest BCUT2D eigenvalue weighted by Crippen LogP contribution is 2.68. The first-order valence-electron chi connectivity index (χ1n) is 14.2. The number of benzene rings is 2. The smallest absolute Gasteiger partial charge is 0.343 e. The number of carbonyl (C=O) groups is 1. The molecule has 7 atom stereocenters. The summed E-state index contributed by atoms with van der Waals surface area (Å²) in [5.41, 5.74) is 2.51. The van der Waals surface area contributed by atoms with Gasteiger partial charge in [-0.1, -0.05) is 63.1 Å². The van der Waals surface area contributed by atoms with Crippen molar-refractivity contribution in [1.82, 2.24) is 0 Å². The molecule has 0 amide bonds. The Labute approximate surface area is 222 Å². The quantitative estimate of drug-likeness (QED) is 0.229. The number of hydrogen-bond donors (Lipinski definition) is 1. The molecule has 3 aliphatic rings. The number of esters is 1. The maximum absolute atomic E-state index is 12.7. The lowest BCUT2D eigenvalue weighted by Gasteiger charge is -2.56. The Morgan fingerprint density at radius 1 is 1.16 bits per heavy atom. The monoisotopic (exact) mass is 498 g/mol. The SMILES string of the molecule is C=CC[C@@H]1CC2C3C(CC[C@]2(C)[C@]1(O)CC=C)c1ccc(OC(=O)c2ccccc2)cc1C[C@H]3CCC. The van der Waals surface area contributed by atoms with E-state index in [-0.39, 0.29) is 17.3 Å². The standard InChI is InChI=1S/C34H42O3/c1-5-11-24-20-25-21-27(37-32(35)23-13-9-8-10-14-23)15-16-28(25)29-17-19-33(4)30(31(24)29)22-26(12-6-2)34(33,36)18-7-3/h6-10,13-16,21,24,26,29-31,36H,2-3,5,11-12,17-20,22H2,1,4H3/t24-,26-,29?,30?,31?,33+,34+/m1/s1. The van der Waals surface area contributed by atoms with Crippen molar-refractivity contribution in [3.8, 4) is 5.75 Å². The number of fused-ring (bicyclic) bond motifs is 5. The van der Waals surface area contributed by atoms with E-state index in [4.69, 9.17) is 4.74 Å². The third-order valence-corrected chi connectivity index (χ3v) is 10.3. The fourth-order valence-corrected chi connectivity index (χ4v) is 8.60. The van der Waals surface area contributed by atoms with Gasteiger partial charge in [-0.2, -0.15) is 0 Å². The molecule has 2 saturated carbocycles. The molecule has 3 aliphatic carbocycles. The highest BCUT2D eigenvalue weighted by Gasteiger charge is 2.65. The van der Waals surface area contributed by atoms with Crippen LogP contribution in [0, 0.1) is 29.1 Å². The first-order valence-corrected chi connectivity index (χ1v) is 14.2. The Bertz CT molecular complexity index is 1150. The van der Waals surface area contributed by atoms with E-state index >= 15 is 0 Å². The topological polar surface area (TPSA) is 46.5 Å². The molecule has 0 aliphatic heterocycles. The van der Waals surface area contributed by atoms with Crippen LogP contribution in [0.2, 0.25) is 0 Å². The molecule has 0 aromatic heterocycles. The molecular formula is C34H42O3. The van der Waals surface area contributed by atoms with E-state index in [0.717, 1.165) is 38.5 Å². The average Bonchev–Trinajstić information content (AvgIpc) is 3.11. The Kier molecular flexibility index (Phi) is 7.20. The molecule has 196 valence electrons. The van der Waals surface area contributed by atoms with E-state index in [1.54, 1.807) is 12.1 Å². The molecule has 1 N–H and O–H groups in total. The second-order valence-electron chi connectivity index (χ2n) is 12.0. The van der Waals surface area contributed by atoms with Gasteiger partial charge in [0, 0.05) is 5.41 Å². The molecule has 5 rings (SSSR count). The van der Waals surface area contributed by atoms with Gasteiger partial charge in [0.05, 0.1) is 11.2 Å². The van der Waals surface area contributed by atoms with Crippen LogP contribution in [0.5, 0.6) is 5.75 Å². The lowest BCUT2D eigenvalue weighted by molar-refractivity contribution is -0.124. The summed E-state index contributed by atoms with van der Waals surface area (Å²) in [5.74, 6) is 2.68. The molecule has 3 heteroatoms. The zero-order valence-electron chi connectivity index (χ0n) is 22.5. The summed E-state index contributed by atoms with van der Waals surface area (Å²) in [6, 6.07) is 15.5. The predicted octanol–water partition coefficient (Wildman–Crippen LogP) is 7.90. The third-order valence-electron chi connectivity index (χ3n) is 10.3. The Balaban J connectivity index is 1.47. The zero-order chi connectivity index (χ0) is 26.2. The van der Waals surface area contributed by atoms with E-state index in [1.807, 2.05) is 36.4 Å². The number of aliphatic hydroxyl groups is 1. The van der Waals surface area contributed by atoms with Gasteiger partial charge in [-0.15, -0.1) is 13.2 Å². The van der Waals surface area contributed by atoms with Gasteiger partial charge < -0.3 is 9.84 Å². The van der Waals surface area contributed by atoms with Crippen molar-refractivity contribution in [2.24, 2.45) is 29.1 Å². The minimum absolute atomic E-state index is 0.106. The molecular weight excluding hydrogens is 456 g/mol. The van der Waals surface area contributed by atoms with Crippen molar-refractivity contribution in [1.29, 1.82) is 0 Å². The number of hydrogen-bond acceptors (Lipinski definition) is 3. The van der Waals surface area contributed by atoms with Gasteiger partial charge in [-0.05, 0) is 104 Å². The summed E-state index contributed by atoms with van der Waals surface area (Å²) in [5, 5.41) is 12.2. The fourth-order valence-electron chi connectivity index (χ4n) is 8.60. The van der Waals surface area contributed by atoms with Crippen molar-refractivity contribution >= 4 is 5.97 Å². The van der Waals surface area contributed by atoms with Crippen molar-refractivity contribution < 1.29 is 14.6 Å². The fraction of sp³-hybridized carbons (Fsp3) is 0.500. The summed E-state index contributed by atoms with van der Waals surface area (Å²) in [4.78, 5) is 12.7. The summed E-state index contributed by atoms with van der Waals surface area (Å²) in [7, 11) is 0. The van der Waals surface area contributed by atoms with Crippen molar-refractivity contribution in [3.63, 3.8) is 0 Å². The van der Waals surface area contributed by atoms with Gasteiger partial charge in [0.2, 0.25) is 0 Å². The van der Waals surface area contributed by atoms with Gasteiger partial charge >= 0.3 is 5.97 Å². The Morgan fingerprint density at radius 3 is 2.65 bits per heavy atom. The largest absolute Gasteiger partial charge is 0.423 e. The van der Waals surface area contributed by atoms with Gasteiger partial charge in [0.15, 0.2) is 0 Å². The number of rotatable bonds is 8. The van der Waals surface area contributed by atoms with E-state index in [1.165, 1.54) is 17.5 Å². The molecule has 2 fully saturated rings. The van der Waals surface area contributed by atoms with Crippen LogP contribution in [-0.2, 0) is 6.42 Å². The number of allylic oxidation sites excluding steroid dienone is 1. The van der Waals surface area contributed by atoms with Gasteiger partial charge in [0.1, 0.15) is 5.75 Å². The highest BCUT2D eigenvalue weighted by molar-refractivity contribution is 5.91. The van der Waals surface area contributed by atoms with Crippen molar-refractivity contribution in [2.45, 2.75) is 76.7 Å². The molecule has 3 unspecified atom stereocenters. The summed E-state index contributed by atoms with van der Waals surface area (Å²) in [6.45, 7) is 12.7. The van der Waals surface area contributed by atoms with E-state index in [2.05, 4.69) is 39.1 Å². The predicted molar refractivity (Wildman–Crippen MR) is 150 cm³/mol. The molecule has 37 heavy (non-hydrogen) atoms. The third kappa shape index (κ3) is 4.30. The first kappa shape index (κ1) is 26.0. The minimum Gasteiger partial charge on any atom is -0.423 e. The molecule has 2 aromatic carbocycles. The second-order valence-corrected chi connectivity index (χ2v) is 12.0. The molecule has 0 saturated heterocycles. The second kappa shape index (κ2) is 10.3. The maximum Gasteiger partial charge on any atom is 0.343 e. The van der Waals surface area contributed by atoms with E-state index in [9.17, 15) is 9.90 Å². The van der Waals surface area contributed by atoms with Gasteiger partial charge in [-0.25, -0.2) is 4.79 Å². The Hall–Kier alpha value is -2.65. The van der Waals surface area contributed by atoms with Crippen molar-refractivity contribution in [2.75, 3.05) is 0 Å². The van der Waals surface area contributed by atoms with Gasteiger partial charge in [0.25, 0.3) is 0 Å². The lowest BCUT2D eigenvalue weighted by atomic mass is 9.50. The maximum atomic E-state index is 12.7. The van der Waals surface area contributed by atoms with Crippen LogP contribution in [0.25, 0.3) is 0 Å². The number of ether oxygens (including phenoxy) is 1. The van der Waals surface area contributed by atoms with Crippen LogP contribution in [0.15, 0.2) is 73.8 Å².